The summed E-state index contributed by atoms with van der Waals surface area (Å²) in [5, 5.41) is 0. The van der Waals surface area contributed by atoms with Crippen LogP contribution in [0.2, 0.25) is 0 Å². The Morgan fingerprint density at radius 2 is 2.12 bits per heavy atom. The van der Waals surface area contributed by atoms with Gasteiger partial charge < -0.3 is 13.7 Å². The lowest BCUT2D eigenvalue weighted by Gasteiger charge is -2.06. The zero-order valence-electron chi connectivity index (χ0n) is 13.8. The Hall–Kier alpha value is -2.82. The van der Waals surface area contributed by atoms with Gasteiger partial charge in [-0.25, -0.2) is 9.97 Å². The summed E-state index contributed by atoms with van der Waals surface area (Å²) in [7, 11) is 0. The number of oxazole rings is 1. The Labute approximate surface area is 141 Å². The van der Waals surface area contributed by atoms with Crippen molar-refractivity contribution in [3.05, 3.63) is 72.5 Å². The zero-order valence-corrected chi connectivity index (χ0v) is 13.8. The standard InChI is InChI=1S/C19H21N3O2/c1-2-4-19-21-17(14-24-19)13-23-18-8-6-16(7-9-18)5-3-11-22-12-10-20-15-22/h2,4,6-10,12,14-15H,3,5,11,13H2,1H3. The minimum absolute atomic E-state index is 0.404. The summed E-state index contributed by atoms with van der Waals surface area (Å²) in [6, 6.07) is 8.22. The molecule has 1 aromatic carbocycles. The zero-order chi connectivity index (χ0) is 16.6. The van der Waals surface area contributed by atoms with E-state index in [0.717, 1.165) is 30.8 Å². The summed E-state index contributed by atoms with van der Waals surface area (Å²) in [5.41, 5.74) is 2.09. The molecule has 5 heteroatoms. The van der Waals surface area contributed by atoms with E-state index in [1.165, 1.54) is 5.56 Å². The van der Waals surface area contributed by atoms with Crippen molar-refractivity contribution in [2.24, 2.45) is 0 Å². The van der Waals surface area contributed by atoms with Gasteiger partial charge in [0.05, 0.1) is 6.33 Å². The first-order valence-electron chi connectivity index (χ1n) is 8.08. The molecule has 5 nitrogen and oxygen atoms in total. The summed E-state index contributed by atoms with van der Waals surface area (Å²) < 4.78 is 13.1. The van der Waals surface area contributed by atoms with E-state index >= 15 is 0 Å². The lowest BCUT2D eigenvalue weighted by molar-refractivity contribution is 0.301. The quantitative estimate of drug-likeness (QED) is 0.626. The molecule has 0 fully saturated rings. The van der Waals surface area contributed by atoms with Crippen LogP contribution in [0.4, 0.5) is 0 Å². The van der Waals surface area contributed by atoms with Gasteiger partial charge in [0.2, 0.25) is 5.89 Å². The van der Waals surface area contributed by atoms with Gasteiger partial charge in [-0.15, -0.1) is 0 Å². The molecule has 0 atom stereocenters. The van der Waals surface area contributed by atoms with Crippen LogP contribution >= 0.6 is 0 Å². The first-order chi connectivity index (χ1) is 11.8. The van der Waals surface area contributed by atoms with Crippen molar-refractivity contribution in [3.8, 4) is 5.75 Å². The second-order valence-corrected chi connectivity index (χ2v) is 5.51. The van der Waals surface area contributed by atoms with E-state index in [1.807, 2.05) is 49.9 Å². The highest BCUT2D eigenvalue weighted by Crippen LogP contribution is 2.15. The highest BCUT2D eigenvalue weighted by Gasteiger charge is 2.02. The first-order valence-corrected chi connectivity index (χ1v) is 8.08. The van der Waals surface area contributed by atoms with Crippen LogP contribution in [-0.4, -0.2) is 14.5 Å². The summed E-state index contributed by atoms with van der Waals surface area (Å²) in [6.45, 7) is 3.32. The van der Waals surface area contributed by atoms with E-state index < -0.39 is 0 Å². The van der Waals surface area contributed by atoms with Crippen molar-refractivity contribution in [3.63, 3.8) is 0 Å². The maximum Gasteiger partial charge on any atom is 0.218 e. The van der Waals surface area contributed by atoms with Crippen LogP contribution in [0.3, 0.4) is 0 Å². The Morgan fingerprint density at radius 1 is 1.25 bits per heavy atom. The van der Waals surface area contributed by atoms with Crippen LogP contribution in [0.15, 0.2) is 59.7 Å². The van der Waals surface area contributed by atoms with Gasteiger partial charge in [0.15, 0.2) is 0 Å². The number of ether oxygens (including phenoxy) is 1. The summed E-state index contributed by atoms with van der Waals surface area (Å²) >= 11 is 0. The van der Waals surface area contributed by atoms with Crippen LogP contribution in [0.1, 0.15) is 30.5 Å². The van der Waals surface area contributed by atoms with Crippen molar-refractivity contribution in [1.82, 2.24) is 14.5 Å². The number of imidazole rings is 1. The fraction of sp³-hybridized carbons (Fsp3) is 0.263. The van der Waals surface area contributed by atoms with Crippen molar-refractivity contribution < 1.29 is 9.15 Å². The number of aryl methyl sites for hydroxylation is 2. The fourth-order valence-electron chi connectivity index (χ4n) is 2.40. The van der Waals surface area contributed by atoms with Crippen LogP contribution in [-0.2, 0) is 19.6 Å². The van der Waals surface area contributed by atoms with Crippen LogP contribution in [0, 0.1) is 0 Å². The molecule has 0 saturated heterocycles. The molecule has 3 rings (SSSR count). The Bertz CT molecular complexity index is 758. The maximum atomic E-state index is 5.74. The molecule has 2 aromatic heterocycles. The summed E-state index contributed by atoms with van der Waals surface area (Å²) in [5.74, 6) is 1.44. The predicted octanol–water partition coefficient (Wildman–Crippen LogP) is 4.12. The molecular weight excluding hydrogens is 302 g/mol. The smallest absolute Gasteiger partial charge is 0.218 e. The average molecular weight is 323 g/mol. The molecule has 24 heavy (non-hydrogen) atoms. The minimum atomic E-state index is 0.404. The molecule has 0 N–H and O–H groups in total. The SMILES string of the molecule is CC=Cc1nc(COc2ccc(CCCn3ccnc3)cc2)co1. The molecule has 3 aromatic rings. The minimum Gasteiger partial charge on any atom is -0.487 e. The van der Waals surface area contributed by atoms with Gasteiger partial charge in [0.1, 0.15) is 24.3 Å². The van der Waals surface area contributed by atoms with E-state index in [9.17, 15) is 0 Å². The molecule has 0 saturated carbocycles. The van der Waals surface area contributed by atoms with Crippen molar-refractivity contribution >= 4 is 6.08 Å². The monoisotopic (exact) mass is 323 g/mol. The molecule has 124 valence electrons. The molecule has 0 amide bonds. The van der Waals surface area contributed by atoms with Crippen LogP contribution in [0.5, 0.6) is 5.75 Å². The van der Waals surface area contributed by atoms with Crippen LogP contribution < -0.4 is 4.74 Å². The van der Waals surface area contributed by atoms with E-state index in [-0.39, 0.29) is 0 Å². The van der Waals surface area contributed by atoms with Gasteiger partial charge in [0.25, 0.3) is 0 Å². The average Bonchev–Trinajstić information content (AvgIpc) is 3.27. The normalized spacial score (nSPS) is 11.2. The van der Waals surface area contributed by atoms with Crippen molar-refractivity contribution in [2.75, 3.05) is 0 Å². The Kier molecular flexibility index (Phi) is 5.45. The third-order valence-corrected chi connectivity index (χ3v) is 3.63. The van der Waals surface area contributed by atoms with Gasteiger partial charge in [-0.3, -0.25) is 0 Å². The lowest BCUT2D eigenvalue weighted by atomic mass is 10.1. The third kappa shape index (κ3) is 4.59. The highest BCUT2D eigenvalue weighted by atomic mass is 16.5. The van der Waals surface area contributed by atoms with E-state index in [2.05, 4.69) is 26.7 Å². The number of aromatic nitrogens is 3. The third-order valence-electron chi connectivity index (χ3n) is 3.63. The number of rotatable bonds is 8. The van der Waals surface area contributed by atoms with Gasteiger partial charge >= 0.3 is 0 Å². The molecule has 0 aliphatic heterocycles. The number of nitrogens with zero attached hydrogens (tertiary/aromatic N) is 3. The van der Waals surface area contributed by atoms with Crippen molar-refractivity contribution in [1.29, 1.82) is 0 Å². The number of hydrogen-bond acceptors (Lipinski definition) is 4. The number of benzene rings is 1. The predicted molar refractivity (Wildman–Crippen MR) is 92.5 cm³/mol. The largest absolute Gasteiger partial charge is 0.487 e. The van der Waals surface area contributed by atoms with E-state index in [1.54, 1.807) is 6.26 Å². The van der Waals surface area contributed by atoms with Gasteiger partial charge in [-0.1, -0.05) is 18.2 Å². The number of allylic oxidation sites excluding steroid dienone is 1. The van der Waals surface area contributed by atoms with Gasteiger partial charge in [-0.2, -0.15) is 0 Å². The summed E-state index contributed by atoms with van der Waals surface area (Å²) in [4.78, 5) is 8.36. The van der Waals surface area contributed by atoms with Gasteiger partial charge in [-0.05, 0) is 43.5 Å². The number of hydrogen-bond donors (Lipinski definition) is 0. The molecule has 0 radical (unpaired) electrons. The van der Waals surface area contributed by atoms with E-state index in [0.29, 0.717) is 12.5 Å². The lowest BCUT2D eigenvalue weighted by Crippen LogP contribution is -1.98. The molecule has 0 aliphatic rings. The van der Waals surface area contributed by atoms with Gasteiger partial charge in [0, 0.05) is 18.9 Å². The molecule has 2 heterocycles. The second-order valence-electron chi connectivity index (χ2n) is 5.51. The summed E-state index contributed by atoms with van der Waals surface area (Å²) in [6.07, 6.45) is 13.1. The molecular formula is C19H21N3O2. The second kappa shape index (κ2) is 8.15. The Balaban J connectivity index is 1.45. The molecule has 0 bridgehead atoms. The topological polar surface area (TPSA) is 53.1 Å². The first kappa shape index (κ1) is 16.1. The Morgan fingerprint density at radius 3 is 2.88 bits per heavy atom. The van der Waals surface area contributed by atoms with Crippen molar-refractivity contribution in [2.45, 2.75) is 32.9 Å². The molecule has 0 spiro atoms. The fourth-order valence-corrected chi connectivity index (χ4v) is 2.40. The highest BCUT2D eigenvalue weighted by molar-refractivity contribution is 5.37. The molecule has 0 unspecified atom stereocenters. The molecule has 0 aliphatic carbocycles. The van der Waals surface area contributed by atoms with E-state index in [4.69, 9.17) is 9.15 Å². The van der Waals surface area contributed by atoms with Crippen LogP contribution in [0.25, 0.3) is 6.08 Å². The maximum absolute atomic E-state index is 5.74.